The second-order valence-corrected chi connectivity index (χ2v) is 6.82. The second-order valence-electron chi connectivity index (χ2n) is 5.44. The molecule has 1 fully saturated rings. The number of nitrogens with two attached hydrogens (primary N) is 1. The number of nitrogens with one attached hydrogen (secondary N) is 1. The Balaban J connectivity index is 0.00000220. The molecule has 21 heavy (non-hydrogen) atoms. The van der Waals surface area contributed by atoms with Crippen LogP contribution in [-0.2, 0) is 4.79 Å². The topological polar surface area (TPSA) is 55.1 Å². The van der Waals surface area contributed by atoms with Gasteiger partial charge in [0.2, 0.25) is 5.91 Å². The number of aryl methyl sites for hydroxylation is 1. The fourth-order valence-electron chi connectivity index (χ4n) is 2.57. The van der Waals surface area contributed by atoms with Crippen molar-refractivity contribution in [3.63, 3.8) is 0 Å². The lowest BCUT2D eigenvalue weighted by molar-refractivity contribution is -0.116. The zero-order valence-corrected chi connectivity index (χ0v) is 14.2. The molecule has 0 unspecified atom stereocenters. The molecule has 2 rings (SSSR count). The van der Waals surface area contributed by atoms with Crippen molar-refractivity contribution >= 4 is 35.8 Å². The van der Waals surface area contributed by atoms with Crippen LogP contribution in [0.3, 0.4) is 0 Å². The predicted octanol–water partition coefficient (Wildman–Crippen LogP) is 4.13. The number of amides is 1. The lowest BCUT2D eigenvalue weighted by Crippen LogP contribution is -2.16. The number of hydrogen-bond acceptors (Lipinski definition) is 3. The summed E-state index contributed by atoms with van der Waals surface area (Å²) < 4.78 is 0. The molecule has 0 bridgehead atoms. The average molecular weight is 329 g/mol. The Morgan fingerprint density at radius 3 is 2.67 bits per heavy atom. The Morgan fingerprint density at radius 2 is 2.05 bits per heavy atom. The SMILES string of the molecule is Cc1cc(SC2CCCCC2)ccc1NC(=O)CCN.Cl. The molecule has 3 N–H and O–H groups in total. The van der Waals surface area contributed by atoms with E-state index in [1.165, 1.54) is 37.0 Å². The molecule has 0 aliphatic heterocycles. The normalized spacial score (nSPS) is 15.3. The van der Waals surface area contributed by atoms with Gasteiger partial charge in [-0.2, -0.15) is 0 Å². The number of carbonyl (C=O) groups is 1. The van der Waals surface area contributed by atoms with Crippen molar-refractivity contribution in [3.8, 4) is 0 Å². The van der Waals surface area contributed by atoms with Gasteiger partial charge in [0.25, 0.3) is 0 Å². The summed E-state index contributed by atoms with van der Waals surface area (Å²) in [6.45, 7) is 2.43. The summed E-state index contributed by atoms with van der Waals surface area (Å²) in [6.07, 6.45) is 7.16. The van der Waals surface area contributed by atoms with E-state index >= 15 is 0 Å². The van der Waals surface area contributed by atoms with Crippen LogP contribution in [0.25, 0.3) is 0 Å². The molecule has 1 aromatic rings. The molecule has 1 aromatic carbocycles. The zero-order valence-electron chi connectivity index (χ0n) is 12.6. The first-order valence-corrected chi connectivity index (χ1v) is 8.34. The lowest BCUT2D eigenvalue weighted by atomic mass is 10.0. The van der Waals surface area contributed by atoms with Crippen molar-refractivity contribution < 1.29 is 4.79 Å². The molecule has 1 aliphatic rings. The summed E-state index contributed by atoms with van der Waals surface area (Å²) in [5.41, 5.74) is 7.41. The highest BCUT2D eigenvalue weighted by molar-refractivity contribution is 8.00. The van der Waals surface area contributed by atoms with Crippen LogP contribution in [0.15, 0.2) is 23.1 Å². The van der Waals surface area contributed by atoms with Crippen molar-refractivity contribution in [1.82, 2.24) is 0 Å². The molecule has 0 heterocycles. The van der Waals surface area contributed by atoms with E-state index in [9.17, 15) is 4.79 Å². The van der Waals surface area contributed by atoms with Crippen molar-refractivity contribution in [2.75, 3.05) is 11.9 Å². The number of halogens is 1. The number of hydrogen-bond donors (Lipinski definition) is 2. The largest absolute Gasteiger partial charge is 0.330 e. The predicted molar refractivity (Wildman–Crippen MR) is 93.5 cm³/mol. The lowest BCUT2D eigenvalue weighted by Gasteiger charge is -2.21. The minimum Gasteiger partial charge on any atom is -0.330 e. The number of benzene rings is 1. The van der Waals surface area contributed by atoms with Crippen LogP contribution in [0.4, 0.5) is 5.69 Å². The van der Waals surface area contributed by atoms with Crippen molar-refractivity contribution in [2.24, 2.45) is 5.73 Å². The number of anilines is 1. The van der Waals surface area contributed by atoms with Crippen molar-refractivity contribution in [3.05, 3.63) is 23.8 Å². The Morgan fingerprint density at radius 1 is 1.33 bits per heavy atom. The summed E-state index contributed by atoms with van der Waals surface area (Å²) >= 11 is 1.98. The molecule has 0 radical (unpaired) electrons. The van der Waals surface area contributed by atoms with Gasteiger partial charge in [-0.25, -0.2) is 0 Å². The molecular formula is C16H25ClN2OS. The standard InChI is InChI=1S/C16H24N2OS.ClH/c1-12-11-14(20-13-5-3-2-4-6-13)7-8-15(12)18-16(19)9-10-17;/h7-8,11,13H,2-6,9-10,17H2,1H3,(H,18,19);1H. The molecular weight excluding hydrogens is 304 g/mol. The second kappa shape index (κ2) is 9.34. The molecule has 3 nitrogen and oxygen atoms in total. The van der Waals surface area contributed by atoms with Gasteiger partial charge < -0.3 is 11.1 Å². The van der Waals surface area contributed by atoms with E-state index in [0.29, 0.717) is 13.0 Å². The molecule has 0 atom stereocenters. The molecule has 5 heteroatoms. The van der Waals surface area contributed by atoms with Gasteiger partial charge in [0, 0.05) is 28.8 Å². The summed E-state index contributed by atoms with van der Waals surface area (Å²) in [5.74, 6) is -0.0108. The van der Waals surface area contributed by atoms with E-state index in [4.69, 9.17) is 5.73 Å². The summed E-state index contributed by atoms with van der Waals surface area (Å²) in [7, 11) is 0. The van der Waals surface area contributed by atoms with Crippen LogP contribution >= 0.6 is 24.2 Å². The highest BCUT2D eigenvalue weighted by atomic mass is 35.5. The maximum Gasteiger partial charge on any atom is 0.225 e. The highest BCUT2D eigenvalue weighted by Crippen LogP contribution is 2.34. The van der Waals surface area contributed by atoms with E-state index in [1.54, 1.807) is 0 Å². The van der Waals surface area contributed by atoms with E-state index < -0.39 is 0 Å². The summed E-state index contributed by atoms with van der Waals surface area (Å²) in [5, 5.41) is 3.68. The molecule has 0 aromatic heterocycles. The van der Waals surface area contributed by atoms with E-state index in [2.05, 4.69) is 17.4 Å². The monoisotopic (exact) mass is 328 g/mol. The first-order chi connectivity index (χ1) is 9.69. The minimum absolute atomic E-state index is 0. The van der Waals surface area contributed by atoms with E-state index in [1.807, 2.05) is 24.8 Å². The smallest absolute Gasteiger partial charge is 0.225 e. The molecule has 1 aliphatic carbocycles. The quantitative estimate of drug-likeness (QED) is 0.854. The fraction of sp³-hybridized carbons (Fsp3) is 0.562. The van der Waals surface area contributed by atoms with Gasteiger partial charge in [0.05, 0.1) is 0 Å². The van der Waals surface area contributed by atoms with E-state index in [0.717, 1.165) is 16.5 Å². The van der Waals surface area contributed by atoms with E-state index in [-0.39, 0.29) is 18.3 Å². The van der Waals surface area contributed by atoms with Crippen LogP contribution in [0.1, 0.15) is 44.1 Å². The Hall–Kier alpha value is -0.710. The minimum atomic E-state index is -0.0108. The number of carbonyl (C=O) groups excluding carboxylic acids is 1. The van der Waals surface area contributed by atoms with Gasteiger partial charge in [-0.05, 0) is 43.5 Å². The molecule has 1 saturated carbocycles. The first kappa shape index (κ1) is 18.3. The van der Waals surface area contributed by atoms with Crippen LogP contribution < -0.4 is 11.1 Å². The van der Waals surface area contributed by atoms with Crippen LogP contribution in [0.5, 0.6) is 0 Å². The van der Waals surface area contributed by atoms with Gasteiger partial charge in [-0.15, -0.1) is 24.2 Å². The van der Waals surface area contributed by atoms with Crippen LogP contribution in [0.2, 0.25) is 0 Å². The molecule has 0 saturated heterocycles. The van der Waals surface area contributed by atoms with Gasteiger partial charge in [-0.1, -0.05) is 19.3 Å². The summed E-state index contributed by atoms with van der Waals surface area (Å²) in [4.78, 5) is 12.9. The molecule has 0 spiro atoms. The third-order valence-corrected chi connectivity index (χ3v) is 5.03. The van der Waals surface area contributed by atoms with Gasteiger partial charge in [-0.3, -0.25) is 4.79 Å². The van der Waals surface area contributed by atoms with Gasteiger partial charge >= 0.3 is 0 Å². The third-order valence-electron chi connectivity index (χ3n) is 3.70. The number of thioether (sulfide) groups is 1. The van der Waals surface area contributed by atoms with Crippen molar-refractivity contribution in [2.45, 2.75) is 55.6 Å². The maximum absolute atomic E-state index is 11.6. The fourth-order valence-corrected chi connectivity index (χ4v) is 3.91. The van der Waals surface area contributed by atoms with Crippen molar-refractivity contribution in [1.29, 1.82) is 0 Å². The first-order valence-electron chi connectivity index (χ1n) is 7.46. The van der Waals surface area contributed by atoms with Crippen LogP contribution in [0, 0.1) is 6.92 Å². The Kier molecular flexibility index (Phi) is 8.15. The van der Waals surface area contributed by atoms with Crippen LogP contribution in [-0.4, -0.2) is 17.7 Å². The molecule has 118 valence electrons. The Bertz CT molecular complexity index is 462. The van der Waals surface area contributed by atoms with Gasteiger partial charge in [0.15, 0.2) is 0 Å². The van der Waals surface area contributed by atoms with Gasteiger partial charge in [0.1, 0.15) is 0 Å². The Labute approximate surface area is 137 Å². The summed E-state index contributed by atoms with van der Waals surface area (Å²) in [6, 6.07) is 6.30. The average Bonchev–Trinajstić information content (AvgIpc) is 2.43. The highest BCUT2D eigenvalue weighted by Gasteiger charge is 2.15. The maximum atomic E-state index is 11.6. The molecule has 1 amide bonds. The third kappa shape index (κ3) is 5.89. The number of rotatable bonds is 5. The zero-order chi connectivity index (χ0) is 14.4.